The molecular weight excluding hydrogens is 847 g/mol. The highest BCUT2D eigenvalue weighted by Gasteiger charge is 2.45. The second-order valence-corrected chi connectivity index (χ2v) is 21.7. The number of likely N-dealkylation sites (tertiary alicyclic amines) is 2. The Bertz CT molecular complexity index is 2190. The Balaban J connectivity index is 1.14. The van der Waals surface area contributed by atoms with Crippen molar-refractivity contribution in [2.75, 3.05) is 20.1 Å². The standard InChI is InChI=1S/C53H77N7O7/c1-11-31(2)46(62)57-44(52(4,5)6)50(66)59-28-16-27-42(59)49(65)56-40-25-15-20-35-37(40)22-13-23-38(35)43(61)30-33-18-12-21-36-34(33)19-14-24-39(36)55-48(64)41-26-17-29-60(41)51(67)45(53(7,8)9)58-47(63)32(3)54-10/h12-13,18,21-23,31-32,39-42,44-45,54H,11,14-17,19-20,24-30H2,1-10H3,(H,55,64)(H,56,65)(H,57,62)(H,58,63)/t31-,32+,39-,40-,41+,42+,44-,45-/m1/s1. The number of carbonyl (C=O) groups excluding carboxylic acids is 7. The maximum absolute atomic E-state index is 14.4. The molecule has 6 rings (SSSR count). The summed E-state index contributed by atoms with van der Waals surface area (Å²) in [5.41, 5.74) is 4.37. The van der Waals surface area contributed by atoms with Crippen LogP contribution in [0.15, 0.2) is 36.4 Å². The Morgan fingerprint density at radius 2 is 1.12 bits per heavy atom. The Labute approximate surface area is 398 Å². The average molecular weight is 924 g/mol. The first-order valence-corrected chi connectivity index (χ1v) is 24.9. The Kier molecular flexibility index (Phi) is 16.4. The third kappa shape index (κ3) is 11.6. The summed E-state index contributed by atoms with van der Waals surface area (Å²) in [6.45, 7) is 17.9. The van der Waals surface area contributed by atoms with Gasteiger partial charge in [0.25, 0.3) is 0 Å². The monoisotopic (exact) mass is 924 g/mol. The fourth-order valence-corrected chi connectivity index (χ4v) is 10.4. The number of hydrogen-bond donors (Lipinski definition) is 5. The largest absolute Gasteiger partial charge is 0.347 e. The van der Waals surface area contributed by atoms with Crippen LogP contribution in [0.4, 0.5) is 0 Å². The SMILES string of the molecule is CC[C@@H](C)C(=O)N[C@H](C(=O)N1CCC[C@H]1C(=O)N[C@@H]1CCCc2c(C(=O)Cc3cccc4c3CCC[C@H]4NC(=O)[C@@H]3CCCN3C(=O)[C@@H](NC(=O)[C@H](C)NC)C(C)(C)C)cccc21)C(C)(C)C. The number of benzene rings is 2. The van der Waals surface area contributed by atoms with Gasteiger partial charge >= 0.3 is 0 Å². The molecule has 366 valence electrons. The molecule has 0 aromatic heterocycles. The lowest BCUT2D eigenvalue weighted by Crippen LogP contribution is -2.59. The van der Waals surface area contributed by atoms with Crippen molar-refractivity contribution < 1.29 is 33.6 Å². The lowest BCUT2D eigenvalue weighted by atomic mass is 9.81. The second kappa shape index (κ2) is 21.5. The fraction of sp³-hybridized carbons (Fsp3) is 0.642. The zero-order valence-electron chi connectivity index (χ0n) is 41.7. The number of likely N-dealkylation sites (N-methyl/N-ethyl adjacent to an activating group) is 1. The summed E-state index contributed by atoms with van der Waals surface area (Å²) in [5, 5.41) is 15.4. The van der Waals surface area contributed by atoms with Crippen LogP contribution in [0, 0.1) is 16.7 Å². The van der Waals surface area contributed by atoms with Crippen LogP contribution in [0.2, 0.25) is 0 Å². The van der Waals surface area contributed by atoms with Gasteiger partial charge in [-0.1, -0.05) is 91.8 Å². The van der Waals surface area contributed by atoms with Gasteiger partial charge in [0.2, 0.25) is 35.4 Å². The van der Waals surface area contributed by atoms with Crippen molar-refractivity contribution >= 4 is 41.2 Å². The highest BCUT2D eigenvalue weighted by atomic mass is 16.2. The third-order valence-electron chi connectivity index (χ3n) is 14.8. The fourth-order valence-electron chi connectivity index (χ4n) is 10.4. The first-order valence-electron chi connectivity index (χ1n) is 24.9. The molecule has 2 fully saturated rings. The average Bonchev–Trinajstić information content (AvgIpc) is 4.00. The lowest BCUT2D eigenvalue weighted by molar-refractivity contribution is -0.144. The number of rotatable bonds is 15. The number of ketones is 1. The van der Waals surface area contributed by atoms with E-state index in [0.717, 1.165) is 53.5 Å². The molecule has 0 bridgehead atoms. The molecule has 8 atom stereocenters. The first kappa shape index (κ1) is 51.3. The van der Waals surface area contributed by atoms with Crippen molar-refractivity contribution in [3.63, 3.8) is 0 Å². The molecule has 0 saturated carbocycles. The van der Waals surface area contributed by atoms with Gasteiger partial charge in [0.05, 0.1) is 18.1 Å². The number of Topliss-reactive ketones (excluding diaryl/α,β-unsaturated/α-hetero) is 1. The molecule has 2 aliphatic carbocycles. The van der Waals surface area contributed by atoms with Crippen molar-refractivity contribution in [1.29, 1.82) is 0 Å². The minimum Gasteiger partial charge on any atom is -0.347 e. The summed E-state index contributed by atoms with van der Waals surface area (Å²) in [6.07, 6.45) is 7.83. The first-order chi connectivity index (χ1) is 31.7. The van der Waals surface area contributed by atoms with Gasteiger partial charge in [0.15, 0.2) is 5.78 Å². The van der Waals surface area contributed by atoms with E-state index in [1.165, 1.54) is 0 Å². The molecule has 5 N–H and O–H groups in total. The van der Waals surface area contributed by atoms with Crippen LogP contribution >= 0.6 is 0 Å². The highest BCUT2D eigenvalue weighted by molar-refractivity contribution is 6.00. The number of fused-ring (bicyclic) bond motifs is 2. The molecule has 0 unspecified atom stereocenters. The number of carbonyl (C=O) groups is 7. The topological polar surface area (TPSA) is 186 Å². The van der Waals surface area contributed by atoms with Crippen LogP contribution < -0.4 is 26.6 Å². The summed E-state index contributed by atoms with van der Waals surface area (Å²) >= 11 is 0. The number of nitrogens with one attached hydrogen (secondary N) is 5. The van der Waals surface area contributed by atoms with E-state index in [4.69, 9.17) is 0 Å². The van der Waals surface area contributed by atoms with Crippen LogP contribution in [0.25, 0.3) is 0 Å². The van der Waals surface area contributed by atoms with E-state index < -0.39 is 41.0 Å². The molecule has 14 heteroatoms. The molecule has 6 amide bonds. The molecule has 4 aliphatic rings. The normalized spacial score (nSPS) is 22.4. The van der Waals surface area contributed by atoms with Crippen molar-refractivity contribution in [2.24, 2.45) is 16.7 Å². The molecule has 2 heterocycles. The van der Waals surface area contributed by atoms with Crippen molar-refractivity contribution in [2.45, 2.75) is 182 Å². The summed E-state index contributed by atoms with van der Waals surface area (Å²) in [7, 11) is 1.69. The zero-order chi connectivity index (χ0) is 49.0. The summed E-state index contributed by atoms with van der Waals surface area (Å²) in [5.74, 6) is -1.61. The van der Waals surface area contributed by atoms with Crippen LogP contribution in [-0.2, 0) is 48.0 Å². The molecule has 2 aliphatic heterocycles. The van der Waals surface area contributed by atoms with E-state index in [2.05, 4.69) is 26.6 Å². The Morgan fingerprint density at radius 3 is 1.61 bits per heavy atom. The number of amides is 6. The highest BCUT2D eigenvalue weighted by Crippen LogP contribution is 2.37. The molecule has 2 aromatic carbocycles. The van der Waals surface area contributed by atoms with Gasteiger partial charge in [-0.2, -0.15) is 0 Å². The number of hydrogen-bond acceptors (Lipinski definition) is 8. The second-order valence-electron chi connectivity index (χ2n) is 21.7. The third-order valence-corrected chi connectivity index (χ3v) is 14.8. The maximum atomic E-state index is 14.4. The molecule has 2 saturated heterocycles. The van der Waals surface area contributed by atoms with Gasteiger partial charge < -0.3 is 36.4 Å². The van der Waals surface area contributed by atoms with E-state index >= 15 is 0 Å². The van der Waals surface area contributed by atoms with Gasteiger partial charge in [-0.15, -0.1) is 0 Å². The lowest BCUT2D eigenvalue weighted by Gasteiger charge is -2.36. The summed E-state index contributed by atoms with van der Waals surface area (Å²) in [6, 6.07) is 7.79. The summed E-state index contributed by atoms with van der Waals surface area (Å²) < 4.78 is 0. The van der Waals surface area contributed by atoms with E-state index in [9.17, 15) is 33.6 Å². The molecular formula is C53H77N7O7. The molecule has 67 heavy (non-hydrogen) atoms. The molecule has 14 nitrogen and oxygen atoms in total. The van der Waals surface area contributed by atoms with E-state index in [-0.39, 0.29) is 65.6 Å². The minimum absolute atomic E-state index is 0.00618. The van der Waals surface area contributed by atoms with Crippen LogP contribution in [0.1, 0.15) is 170 Å². The van der Waals surface area contributed by atoms with Crippen molar-refractivity contribution in [3.05, 3.63) is 69.8 Å². The van der Waals surface area contributed by atoms with Crippen molar-refractivity contribution in [1.82, 2.24) is 36.4 Å². The Morgan fingerprint density at radius 1 is 0.642 bits per heavy atom. The molecule has 0 radical (unpaired) electrons. The number of nitrogens with zero attached hydrogens (tertiary/aromatic N) is 2. The minimum atomic E-state index is -0.803. The van der Waals surface area contributed by atoms with E-state index in [1.807, 2.05) is 91.8 Å². The zero-order valence-corrected chi connectivity index (χ0v) is 41.7. The van der Waals surface area contributed by atoms with Gasteiger partial charge in [0, 0.05) is 31.0 Å². The molecule has 2 aromatic rings. The predicted octanol–water partition coefficient (Wildman–Crippen LogP) is 5.80. The van der Waals surface area contributed by atoms with Crippen LogP contribution in [0.5, 0.6) is 0 Å². The van der Waals surface area contributed by atoms with Crippen LogP contribution in [0.3, 0.4) is 0 Å². The van der Waals surface area contributed by atoms with Gasteiger partial charge in [-0.25, -0.2) is 0 Å². The predicted molar refractivity (Wildman–Crippen MR) is 259 cm³/mol. The van der Waals surface area contributed by atoms with Crippen molar-refractivity contribution in [3.8, 4) is 0 Å². The molecule has 0 spiro atoms. The van der Waals surface area contributed by atoms with Crippen LogP contribution in [-0.4, -0.2) is 101 Å². The van der Waals surface area contributed by atoms with Gasteiger partial charge in [-0.05, 0) is 123 Å². The van der Waals surface area contributed by atoms with Gasteiger partial charge in [-0.3, -0.25) is 33.6 Å². The smallest absolute Gasteiger partial charge is 0.246 e. The van der Waals surface area contributed by atoms with E-state index in [0.29, 0.717) is 63.6 Å². The quantitative estimate of drug-likeness (QED) is 0.139. The maximum Gasteiger partial charge on any atom is 0.246 e. The van der Waals surface area contributed by atoms with Gasteiger partial charge in [0.1, 0.15) is 24.2 Å². The van der Waals surface area contributed by atoms with E-state index in [1.54, 1.807) is 23.8 Å². The summed E-state index contributed by atoms with van der Waals surface area (Å²) in [4.78, 5) is 99.9. The Hall–Kier alpha value is -5.11.